The zero-order chi connectivity index (χ0) is 4.99. The van der Waals surface area contributed by atoms with E-state index in [1.165, 1.54) is 0 Å². The minimum atomic E-state index is -1.09. The molecular weight excluding hydrogens is 162 g/mol. The van der Waals surface area contributed by atoms with Gasteiger partial charge in [-0.05, 0) is 0 Å². The fraction of sp³-hybridized carbons (Fsp3) is 0. The van der Waals surface area contributed by atoms with Crippen molar-refractivity contribution in [1.82, 2.24) is 0 Å². The molecule has 0 N–H and O–H groups in total. The first kappa shape index (κ1) is 5.93. The zero-order valence-corrected chi connectivity index (χ0v) is 5.36. The van der Waals surface area contributed by atoms with Gasteiger partial charge >= 0.3 is 44.3 Å². The third kappa shape index (κ3) is 2.18. The molecule has 0 spiro atoms. The van der Waals surface area contributed by atoms with E-state index in [1.54, 1.807) is 11.6 Å². The third-order valence-corrected chi connectivity index (χ3v) is 1.57. The number of hydrogen-bond donors (Lipinski definition) is 0. The van der Waals surface area contributed by atoms with Crippen molar-refractivity contribution in [3.05, 3.63) is 0 Å². The Morgan fingerprint density at radius 1 is 1.33 bits per heavy atom. The van der Waals surface area contributed by atoms with Crippen LogP contribution in [0.25, 0.3) is 0 Å². The second-order valence-corrected chi connectivity index (χ2v) is 3.78. The van der Waals surface area contributed by atoms with Crippen molar-refractivity contribution in [3.8, 4) is 11.6 Å². The Bertz CT molecular complexity index is 95.7. The molecule has 0 unspecified atom stereocenters. The van der Waals surface area contributed by atoms with Gasteiger partial charge in [-0.25, -0.2) is 0 Å². The van der Waals surface area contributed by atoms with Crippen LogP contribution in [0.2, 0.25) is 0 Å². The van der Waals surface area contributed by atoms with E-state index in [0.29, 0.717) is 0 Å². The summed E-state index contributed by atoms with van der Waals surface area (Å²) >= 11 is 2.42. The Morgan fingerprint density at radius 2 is 1.67 bits per heavy atom. The van der Waals surface area contributed by atoms with E-state index in [0.717, 1.165) is 0 Å². The van der Waals surface area contributed by atoms with Gasteiger partial charge in [-0.3, -0.25) is 0 Å². The molecule has 0 bridgehead atoms. The molecular formula is C2N2PSe-. The van der Waals surface area contributed by atoms with Gasteiger partial charge in [0.15, 0.2) is 0 Å². The maximum absolute atomic E-state index is 7.86. The molecule has 0 amide bonds. The van der Waals surface area contributed by atoms with E-state index < -0.39 is 6.61 Å². The van der Waals surface area contributed by atoms with Crippen molar-refractivity contribution >= 4 is 22.2 Å². The molecule has 0 aromatic rings. The maximum atomic E-state index is 7.86. The molecule has 0 aliphatic heterocycles. The van der Waals surface area contributed by atoms with Crippen molar-refractivity contribution in [3.63, 3.8) is 0 Å². The van der Waals surface area contributed by atoms with Gasteiger partial charge in [0.1, 0.15) is 0 Å². The molecule has 0 radical (unpaired) electrons. The number of nitrogens with zero attached hydrogens (tertiary/aromatic N) is 2. The van der Waals surface area contributed by atoms with Gasteiger partial charge in [-0.2, -0.15) is 0 Å². The molecule has 4 heteroatoms. The summed E-state index contributed by atoms with van der Waals surface area (Å²) in [4.78, 5) is 0. The van der Waals surface area contributed by atoms with Crippen molar-refractivity contribution in [2.75, 3.05) is 0 Å². The SMILES string of the molecule is N#CP([Se-])C#N. The molecule has 0 aliphatic rings. The van der Waals surface area contributed by atoms with Gasteiger partial charge < -0.3 is 0 Å². The zero-order valence-electron chi connectivity index (χ0n) is 2.75. The Hall–Kier alpha value is -0.0705. The summed E-state index contributed by atoms with van der Waals surface area (Å²) < 4.78 is 0. The number of nitriles is 2. The quantitative estimate of drug-likeness (QED) is 0.384. The molecule has 0 saturated carbocycles. The molecule has 0 aromatic heterocycles. The molecule has 0 saturated heterocycles. The molecule has 0 fully saturated rings. The van der Waals surface area contributed by atoms with E-state index >= 15 is 0 Å². The molecule has 2 nitrogen and oxygen atoms in total. The fourth-order valence-electron chi connectivity index (χ4n) is 0.0224. The van der Waals surface area contributed by atoms with Crippen molar-refractivity contribution < 1.29 is 0 Å². The van der Waals surface area contributed by atoms with Crippen molar-refractivity contribution in [2.24, 2.45) is 0 Å². The molecule has 0 rings (SSSR count). The van der Waals surface area contributed by atoms with Gasteiger partial charge in [0.05, 0.1) is 0 Å². The first-order chi connectivity index (χ1) is 2.81. The Morgan fingerprint density at radius 3 is 1.67 bits per heavy atom. The van der Waals surface area contributed by atoms with E-state index in [-0.39, 0.29) is 0 Å². The van der Waals surface area contributed by atoms with Crippen LogP contribution in [-0.2, 0) is 0 Å². The third-order valence-electron chi connectivity index (χ3n) is 0.182. The monoisotopic (exact) mass is 163 g/mol. The average Bonchev–Trinajstić information content (AvgIpc) is 1.65. The second kappa shape index (κ2) is 3.13. The van der Waals surface area contributed by atoms with Gasteiger partial charge in [-0.15, -0.1) is 0 Å². The summed E-state index contributed by atoms with van der Waals surface area (Å²) in [6.45, 7) is -1.09. The second-order valence-electron chi connectivity index (χ2n) is 0.494. The fourth-order valence-corrected chi connectivity index (χ4v) is 0.0671. The Balaban J connectivity index is 3.40. The molecule has 0 heterocycles. The van der Waals surface area contributed by atoms with Crippen LogP contribution in [0.3, 0.4) is 0 Å². The topological polar surface area (TPSA) is 47.6 Å². The van der Waals surface area contributed by atoms with Crippen LogP contribution in [0.4, 0.5) is 0 Å². The van der Waals surface area contributed by atoms with Gasteiger partial charge in [0.25, 0.3) is 0 Å². The summed E-state index contributed by atoms with van der Waals surface area (Å²) in [5, 5.41) is 15.7. The van der Waals surface area contributed by atoms with Crippen LogP contribution in [0.1, 0.15) is 0 Å². The van der Waals surface area contributed by atoms with Gasteiger partial charge in [-0.1, -0.05) is 0 Å². The molecule has 0 aromatic carbocycles. The van der Waals surface area contributed by atoms with Gasteiger partial charge in [0.2, 0.25) is 0 Å². The Labute approximate surface area is 44.9 Å². The first-order valence-corrected chi connectivity index (χ1v) is 4.63. The predicted octanol–water partition coefficient (Wildman–Crippen LogP) is 0.514. The van der Waals surface area contributed by atoms with Crippen LogP contribution in [-0.4, -0.2) is 15.6 Å². The van der Waals surface area contributed by atoms with Crippen molar-refractivity contribution in [1.29, 1.82) is 10.5 Å². The van der Waals surface area contributed by atoms with Crippen LogP contribution in [0.15, 0.2) is 0 Å². The van der Waals surface area contributed by atoms with Crippen molar-refractivity contribution in [2.45, 2.75) is 0 Å². The average molecular weight is 162 g/mol. The summed E-state index contributed by atoms with van der Waals surface area (Å²) in [6, 6.07) is 0. The van der Waals surface area contributed by atoms with E-state index in [1.807, 2.05) is 0 Å². The summed E-state index contributed by atoms with van der Waals surface area (Å²) in [5.41, 5.74) is 0. The van der Waals surface area contributed by atoms with E-state index in [2.05, 4.69) is 15.6 Å². The number of hydrogen-bond acceptors (Lipinski definition) is 2. The summed E-state index contributed by atoms with van der Waals surface area (Å²) in [5.74, 6) is 3.53. The van der Waals surface area contributed by atoms with Crippen LogP contribution < -0.4 is 0 Å². The first-order valence-electron chi connectivity index (χ1n) is 1.08. The molecule has 6 heavy (non-hydrogen) atoms. The molecule has 0 aliphatic carbocycles. The van der Waals surface area contributed by atoms with Gasteiger partial charge in [0, 0.05) is 0 Å². The Kier molecular flexibility index (Phi) is 3.10. The van der Waals surface area contributed by atoms with E-state index in [9.17, 15) is 0 Å². The molecule has 30 valence electrons. The summed E-state index contributed by atoms with van der Waals surface area (Å²) in [7, 11) is 0. The van der Waals surface area contributed by atoms with Crippen LogP contribution in [0.5, 0.6) is 0 Å². The van der Waals surface area contributed by atoms with Crippen LogP contribution >= 0.6 is 6.61 Å². The van der Waals surface area contributed by atoms with E-state index in [4.69, 9.17) is 10.5 Å². The van der Waals surface area contributed by atoms with Crippen LogP contribution in [0, 0.1) is 22.1 Å². The minimum absolute atomic E-state index is 1.09. The normalized spacial score (nSPS) is 6.67. The predicted molar refractivity (Wildman–Crippen MR) is 23.9 cm³/mol. The standard InChI is InChI=1S/C2N2PSe/c3-1-5(6)2-4/q-1. The summed E-state index contributed by atoms with van der Waals surface area (Å²) in [6.07, 6.45) is 0. The number of rotatable bonds is 0. The molecule has 0 atom stereocenters.